The van der Waals surface area contributed by atoms with Crippen LogP contribution in [0, 0.1) is 0 Å². The quantitative estimate of drug-likeness (QED) is 0.402. The molecule has 3 aromatic rings. The second-order valence-electron chi connectivity index (χ2n) is 7.50. The van der Waals surface area contributed by atoms with E-state index in [4.69, 9.17) is 9.47 Å². The molecule has 0 radical (unpaired) electrons. The van der Waals surface area contributed by atoms with Crippen LogP contribution in [-0.4, -0.2) is 59.8 Å². The molecule has 0 bridgehead atoms. The second-order valence-corrected chi connectivity index (χ2v) is 10.5. The van der Waals surface area contributed by atoms with Crippen molar-refractivity contribution in [3.63, 3.8) is 0 Å². The lowest BCUT2D eigenvalue weighted by atomic mass is 10.2. The fourth-order valence-electron chi connectivity index (χ4n) is 3.10. The molecule has 13 heteroatoms. The predicted octanol–water partition coefficient (Wildman–Crippen LogP) is 2.42. The number of rotatable bonds is 11. The van der Waals surface area contributed by atoms with Crippen molar-refractivity contribution < 1.29 is 22.7 Å². The van der Waals surface area contributed by atoms with Gasteiger partial charge < -0.3 is 14.8 Å². The van der Waals surface area contributed by atoms with Crippen molar-refractivity contribution in [2.24, 2.45) is 0 Å². The van der Waals surface area contributed by atoms with Gasteiger partial charge >= 0.3 is 0 Å². The molecule has 1 aliphatic carbocycles. The first kappa shape index (κ1) is 24.0. The smallest absolute Gasteiger partial charge is 0.280 e. The third-order valence-corrected chi connectivity index (χ3v) is 7.75. The molecule has 1 amide bonds. The number of ether oxygens (including phenoxy) is 2. The number of sulfonamides is 1. The molecule has 0 aromatic carbocycles. The van der Waals surface area contributed by atoms with Gasteiger partial charge in [-0.25, -0.2) is 18.4 Å². The summed E-state index contributed by atoms with van der Waals surface area (Å²) in [5, 5.41) is 2.73. The monoisotopic (exact) mass is 504 g/mol. The van der Waals surface area contributed by atoms with Gasteiger partial charge in [0.2, 0.25) is 15.9 Å². The molecule has 1 aliphatic rings. The number of amides is 1. The summed E-state index contributed by atoms with van der Waals surface area (Å²) in [7, 11) is -1.91. The van der Waals surface area contributed by atoms with E-state index >= 15 is 0 Å². The van der Waals surface area contributed by atoms with Crippen molar-refractivity contribution in [3.8, 4) is 16.5 Å². The van der Waals surface area contributed by atoms with Gasteiger partial charge in [0, 0.05) is 19.5 Å². The van der Waals surface area contributed by atoms with Crippen molar-refractivity contribution >= 4 is 33.0 Å². The Labute approximate surface area is 201 Å². The number of nitrogens with one attached hydrogen (secondary N) is 2. The van der Waals surface area contributed by atoms with E-state index in [-0.39, 0.29) is 16.9 Å². The SMILES string of the molecule is CCOc1cncc(-c2cnc(C(=O)NC(COC)c3cc(NS(=O)(=O)C4CC4)ccn3)s2)n1. The molecule has 1 saturated carbocycles. The normalized spacial score (nSPS) is 14.4. The summed E-state index contributed by atoms with van der Waals surface area (Å²) in [4.78, 5) is 30.6. The molecule has 180 valence electrons. The highest BCUT2D eigenvalue weighted by Crippen LogP contribution is 2.30. The molecule has 11 nitrogen and oxygen atoms in total. The van der Waals surface area contributed by atoms with E-state index in [9.17, 15) is 13.2 Å². The van der Waals surface area contributed by atoms with Crippen LogP contribution in [0.2, 0.25) is 0 Å². The van der Waals surface area contributed by atoms with E-state index in [1.54, 1.807) is 24.5 Å². The van der Waals surface area contributed by atoms with Crippen LogP contribution in [0.1, 0.15) is 41.3 Å². The summed E-state index contributed by atoms with van der Waals surface area (Å²) >= 11 is 1.16. The summed E-state index contributed by atoms with van der Waals surface area (Å²) in [6, 6.07) is 2.54. The average Bonchev–Trinajstić information content (AvgIpc) is 3.57. The summed E-state index contributed by atoms with van der Waals surface area (Å²) in [5.74, 6) is -0.0270. The standard InChI is InChI=1S/C21H24N6O5S2/c1-3-32-19-11-22-9-16(25-19)18-10-24-21(33-18)20(28)26-17(12-31-2)15-8-13(6-7-23-15)27-34(29,30)14-4-5-14/h6-11,14,17H,3-5,12H2,1-2H3,(H,23,27)(H,26,28). The van der Waals surface area contributed by atoms with Crippen LogP contribution in [0.15, 0.2) is 36.9 Å². The number of aromatic nitrogens is 4. The number of nitrogens with zero attached hydrogens (tertiary/aromatic N) is 4. The third kappa shape index (κ3) is 5.85. The Hall–Kier alpha value is -3.16. The number of methoxy groups -OCH3 is 1. The van der Waals surface area contributed by atoms with Crippen molar-refractivity contribution in [1.82, 2.24) is 25.3 Å². The zero-order valence-corrected chi connectivity index (χ0v) is 20.2. The van der Waals surface area contributed by atoms with Crippen LogP contribution in [-0.2, 0) is 14.8 Å². The minimum atomic E-state index is -3.42. The number of hydrogen-bond donors (Lipinski definition) is 2. The van der Waals surface area contributed by atoms with E-state index in [1.165, 1.54) is 19.5 Å². The molecule has 1 atom stereocenters. The lowest BCUT2D eigenvalue weighted by Gasteiger charge is -2.18. The Balaban J connectivity index is 1.49. The number of pyridine rings is 1. The lowest BCUT2D eigenvalue weighted by molar-refractivity contribution is 0.0894. The van der Waals surface area contributed by atoms with E-state index in [1.807, 2.05) is 6.92 Å². The first-order valence-electron chi connectivity index (χ1n) is 10.6. The number of anilines is 1. The predicted molar refractivity (Wildman–Crippen MR) is 126 cm³/mol. The first-order chi connectivity index (χ1) is 16.4. The maximum atomic E-state index is 12.9. The largest absolute Gasteiger partial charge is 0.477 e. The zero-order chi connectivity index (χ0) is 24.1. The second kappa shape index (κ2) is 10.4. The molecule has 0 spiro atoms. The van der Waals surface area contributed by atoms with E-state index in [2.05, 4.69) is 30.0 Å². The Morgan fingerprint density at radius 2 is 2.09 bits per heavy atom. The Bertz CT molecular complexity index is 1260. The Kier molecular flexibility index (Phi) is 7.34. The fourth-order valence-corrected chi connectivity index (χ4v) is 5.25. The number of hydrogen-bond acceptors (Lipinski definition) is 10. The molecule has 1 unspecified atom stereocenters. The summed E-state index contributed by atoms with van der Waals surface area (Å²) in [6.45, 7) is 2.46. The molecule has 4 rings (SSSR count). The maximum absolute atomic E-state index is 12.9. The minimum Gasteiger partial charge on any atom is -0.477 e. The van der Waals surface area contributed by atoms with Gasteiger partial charge in [0.05, 0.1) is 53.2 Å². The van der Waals surface area contributed by atoms with Crippen LogP contribution in [0.5, 0.6) is 5.88 Å². The molecule has 0 aliphatic heterocycles. The summed E-state index contributed by atoms with van der Waals surface area (Å²) in [6.07, 6.45) is 7.45. The number of thiazole rings is 1. The molecule has 0 saturated heterocycles. The zero-order valence-electron chi connectivity index (χ0n) is 18.6. The lowest BCUT2D eigenvalue weighted by Crippen LogP contribution is -2.32. The van der Waals surface area contributed by atoms with Gasteiger partial charge in [0.1, 0.15) is 5.69 Å². The van der Waals surface area contributed by atoms with Gasteiger partial charge in [-0.3, -0.25) is 19.5 Å². The Morgan fingerprint density at radius 1 is 1.26 bits per heavy atom. The van der Waals surface area contributed by atoms with Gasteiger partial charge in [0.15, 0.2) is 5.01 Å². The van der Waals surface area contributed by atoms with Crippen molar-refractivity contribution in [2.45, 2.75) is 31.1 Å². The van der Waals surface area contributed by atoms with Gasteiger partial charge in [-0.15, -0.1) is 11.3 Å². The first-order valence-corrected chi connectivity index (χ1v) is 12.9. The van der Waals surface area contributed by atoms with Crippen LogP contribution in [0.4, 0.5) is 5.69 Å². The van der Waals surface area contributed by atoms with Crippen molar-refractivity contribution in [3.05, 3.63) is 47.6 Å². The summed E-state index contributed by atoms with van der Waals surface area (Å²) in [5.41, 5.74) is 1.39. The molecule has 34 heavy (non-hydrogen) atoms. The minimum absolute atomic E-state index is 0.137. The molecule has 1 fully saturated rings. The Morgan fingerprint density at radius 3 is 2.82 bits per heavy atom. The van der Waals surface area contributed by atoms with Crippen molar-refractivity contribution in [2.75, 3.05) is 25.0 Å². The van der Waals surface area contributed by atoms with E-state index < -0.39 is 22.0 Å². The van der Waals surface area contributed by atoms with Gasteiger partial charge in [-0.1, -0.05) is 0 Å². The van der Waals surface area contributed by atoms with Gasteiger partial charge in [-0.2, -0.15) is 0 Å². The van der Waals surface area contributed by atoms with Gasteiger partial charge in [0.25, 0.3) is 5.91 Å². The summed E-state index contributed by atoms with van der Waals surface area (Å²) < 4.78 is 37.7. The van der Waals surface area contributed by atoms with Crippen LogP contribution < -0.4 is 14.8 Å². The fraction of sp³-hybridized carbons (Fsp3) is 0.381. The highest BCUT2D eigenvalue weighted by molar-refractivity contribution is 7.93. The third-order valence-electron chi connectivity index (χ3n) is 4.86. The van der Waals surface area contributed by atoms with Gasteiger partial charge in [-0.05, 0) is 31.9 Å². The molecule has 2 N–H and O–H groups in total. The number of carbonyl (C=O) groups is 1. The molecular formula is C21H24N6O5S2. The van der Waals surface area contributed by atoms with Crippen LogP contribution in [0.25, 0.3) is 10.6 Å². The van der Waals surface area contributed by atoms with Crippen LogP contribution in [0.3, 0.4) is 0 Å². The molecular weight excluding hydrogens is 480 g/mol. The van der Waals surface area contributed by atoms with E-state index in [0.717, 1.165) is 11.3 Å². The topological polar surface area (TPSA) is 145 Å². The molecule has 3 heterocycles. The van der Waals surface area contributed by atoms with Crippen molar-refractivity contribution in [1.29, 1.82) is 0 Å². The maximum Gasteiger partial charge on any atom is 0.280 e. The average molecular weight is 505 g/mol. The highest BCUT2D eigenvalue weighted by atomic mass is 32.2. The highest BCUT2D eigenvalue weighted by Gasteiger charge is 2.35. The number of carbonyl (C=O) groups excluding carboxylic acids is 1. The van der Waals surface area contributed by atoms with E-state index in [0.29, 0.717) is 47.3 Å². The van der Waals surface area contributed by atoms with Crippen LogP contribution >= 0.6 is 11.3 Å². The molecule has 3 aromatic heterocycles.